The first kappa shape index (κ1) is 81.0. The number of aryl methyl sites for hydroxylation is 3. The Bertz CT molecular complexity index is 6860. The van der Waals surface area contributed by atoms with Crippen LogP contribution >= 0.6 is 0 Å². The van der Waals surface area contributed by atoms with E-state index in [4.69, 9.17) is 44.9 Å². The molecule has 0 bridgehead atoms. The fourth-order valence-corrected chi connectivity index (χ4v) is 14.8. The summed E-state index contributed by atoms with van der Waals surface area (Å²) in [6, 6.07) is 111. The van der Waals surface area contributed by atoms with Gasteiger partial charge in [0.15, 0.2) is 52.4 Å². The second kappa shape index (κ2) is 38.0. The fraction of sp³-hybridized carbons (Fsp3) is 0.0273. The quantitative estimate of drug-likeness (QED) is 0.0775. The van der Waals surface area contributed by atoms with E-state index in [9.17, 15) is 0 Å². The molecule has 21 rings (SSSR count). The lowest BCUT2D eigenvalue weighted by molar-refractivity contribution is 1.07. The minimum Gasteiger partial charge on any atom is -0.261 e. The van der Waals surface area contributed by atoms with Crippen molar-refractivity contribution in [1.29, 1.82) is 0 Å². The molecule has 9 heterocycles. The summed E-state index contributed by atoms with van der Waals surface area (Å²) >= 11 is 0. The zero-order valence-electron chi connectivity index (χ0n) is 70.3. The van der Waals surface area contributed by atoms with Crippen molar-refractivity contribution in [3.05, 3.63) is 431 Å². The third-order valence-corrected chi connectivity index (χ3v) is 21.6. The van der Waals surface area contributed by atoms with Crippen molar-refractivity contribution in [2.75, 3.05) is 0 Å². The van der Waals surface area contributed by atoms with Gasteiger partial charge in [-0.3, -0.25) is 29.9 Å². The topological polar surface area (TPSA) is 245 Å². The standard InChI is InChI=1S/C38H27N5.2C36H25N7/c1-26-17-19-27(20-18-26)28-9-6-12-31(23-28)36-41-37(32-13-7-10-29(24-32)34-15-2-4-21-39-34)43-38(42-36)33-14-8-11-30(25-33)35-16-3-5-22-40-35;1-24-8-10-25(11-9-24)26-12-14-27(15-13-26)34-41-35(30-6-2-4-28(16-30)32-18-37-22-38-19-32)43-36(42-34)31-7-3-5-29(17-31)33-20-39-23-40-21-33;1-24-8-10-25(11-9-24)26-12-14-27(15-13-26)34-41-35(30-6-2-4-28(20-30)32-22-37-16-18-39-32)43-36(42-34)31-7-3-5-29(21-31)33-23-38-17-19-40-33/h2-25H,1H3;2*2-23H,1H3. The minimum atomic E-state index is 0.568. The van der Waals surface area contributed by atoms with Crippen molar-refractivity contribution in [3.63, 3.8) is 0 Å². The van der Waals surface area contributed by atoms with Crippen molar-refractivity contribution in [1.82, 2.24) is 94.7 Å². The fourth-order valence-electron chi connectivity index (χ4n) is 14.8. The van der Waals surface area contributed by atoms with Gasteiger partial charge >= 0.3 is 0 Å². The van der Waals surface area contributed by atoms with E-state index >= 15 is 0 Å². The maximum Gasteiger partial charge on any atom is 0.164 e. The van der Waals surface area contributed by atoms with Crippen LogP contribution in [0.4, 0.5) is 0 Å². The molecular weight excluding hydrogens is 1590 g/mol. The van der Waals surface area contributed by atoms with E-state index in [0.717, 1.165) is 151 Å². The molecule has 21 aromatic rings. The Morgan fingerprint density at radius 2 is 0.357 bits per heavy atom. The van der Waals surface area contributed by atoms with E-state index < -0.39 is 0 Å². The summed E-state index contributed by atoms with van der Waals surface area (Å²) in [7, 11) is 0. The van der Waals surface area contributed by atoms with E-state index in [2.05, 4.69) is 253 Å². The van der Waals surface area contributed by atoms with Crippen LogP contribution in [0.3, 0.4) is 0 Å². The number of aromatic nitrogens is 19. The Hall–Kier alpha value is -17.7. The second-order valence-electron chi connectivity index (χ2n) is 30.6. The highest BCUT2D eigenvalue weighted by molar-refractivity contribution is 5.81. The van der Waals surface area contributed by atoms with Gasteiger partial charge in [-0.1, -0.05) is 278 Å². The molecule has 0 saturated heterocycles. The smallest absolute Gasteiger partial charge is 0.164 e. The first-order chi connectivity index (χ1) is 63.6. The molecule has 0 N–H and O–H groups in total. The molecule has 0 aliphatic heterocycles. The number of pyridine rings is 2. The molecule has 0 aliphatic carbocycles. The summed E-state index contributed by atoms with van der Waals surface area (Å²) in [6.45, 7) is 6.28. The molecule has 612 valence electrons. The molecular formula is C110H77N19. The second-order valence-corrected chi connectivity index (χ2v) is 30.6. The van der Waals surface area contributed by atoms with Gasteiger partial charge in [-0.05, 0) is 132 Å². The molecule has 0 saturated carbocycles. The van der Waals surface area contributed by atoms with Crippen molar-refractivity contribution in [2.45, 2.75) is 20.8 Å². The Morgan fingerprint density at radius 3 is 0.620 bits per heavy atom. The third-order valence-electron chi connectivity index (χ3n) is 21.6. The predicted molar refractivity (Wildman–Crippen MR) is 509 cm³/mol. The van der Waals surface area contributed by atoms with Gasteiger partial charge in [-0.2, -0.15) is 0 Å². The maximum absolute atomic E-state index is 5.01. The lowest BCUT2D eigenvalue weighted by atomic mass is 10.0. The van der Waals surface area contributed by atoms with Crippen LogP contribution < -0.4 is 0 Å². The van der Waals surface area contributed by atoms with E-state index in [1.54, 1.807) is 74.4 Å². The number of benzene rings is 12. The molecule has 129 heavy (non-hydrogen) atoms. The molecule has 0 fully saturated rings. The Morgan fingerprint density at radius 1 is 0.140 bits per heavy atom. The molecule has 12 aromatic carbocycles. The van der Waals surface area contributed by atoms with E-state index in [1.165, 1.54) is 29.3 Å². The summed E-state index contributed by atoms with van der Waals surface area (Å²) in [5.74, 6) is 5.28. The highest BCUT2D eigenvalue weighted by Crippen LogP contribution is 2.37. The van der Waals surface area contributed by atoms with Crippen LogP contribution in [0.2, 0.25) is 0 Å². The van der Waals surface area contributed by atoms with Crippen molar-refractivity contribution < 1.29 is 0 Å². The lowest BCUT2D eigenvalue weighted by Crippen LogP contribution is -2.00. The average molecular weight is 1660 g/mol. The summed E-state index contributed by atoms with van der Waals surface area (Å²) in [5, 5.41) is 0. The van der Waals surface area contributed by atoms with Crippen LogP contribution in [0.1, 0.15) is 16.7 Å². The maximum atomic E-state index is 5.01. The molecule has 0 amide bonds. The molecule has 9 aromatic heterocycles. The Labute approximate surface area is 745 Å². The van der Waals surface area contributed by atoms with Gasteiger partial charge < -0.3 is 0 Å². The molecule has 19 heteroatoms. The van der Waals surface area contributed by atoms with E-state index in [0.29, 0.717) is 52.4 Å². The molecule has 0 radical (unpaired) electrons. The Kier molecular flexibility index (Phi) is 23.8. The highest BCUT2D eigenvalue weighted by Gasteiger charge is 2.20. The number of hydrogen-bond acceptors (Lipinski definition) is 19. The zero-order valence-corrected chi connectivity index (χ0v) is 70.3. The van der Waals surface area contributed by atoms with Crippen LogP contribution in [0.15, 0.2) is 415 Å². The summed E-state index contributed by atoms with van der Waals surface area (Å²) < 4.78 is 0. The summed E-state index contributed by atoms with van der Waals surface area (Å²) in [4.78, 5) is 87.9. The molecule has 0 spiro atoms. The van der Waals surface area contributed by atoms with Crippen molar-refractivity contribution in [2.24, 2.45) is 0 Å². The summed E-state index contributed by atoms with van der Waals surface area (Å²) in [5.41, 5.74) is 29.5. The van der Waals surface area contributed by atoms with Gasteiger partial charge in [0.1, 0.15) is 12.7 Å². The van der Waals surface area contributed by atoms with Crippen LogP contribution in [-0.4, -0.2) is 94.7 Å². The van der Waals surface area contributed by atoms with Gasteiger partial charge in [0, 0.05) is 145 Å². The van der Waals surface area contributed by atoms with Crippen molar-refractivity contribution >= 4 is 0 Å². The van der Waals surface area contributed by atoms with Crippen molar-refractivity contribution in [3.8, 4) is 203 Å². The zero-order chi connectivity index (χ0) is 87.0. The lowest BCUT2D eigenvalue weighted by Gasteiger charge is -2.11. The molecule has 19 nitrogen and oxygen atoms in total. The van der Waals surface area contributed by atoms with E-state index in [1.807, 2.05) is 146 Å². The number of nitrogens with zero attached hydrogens (tertiary/aromatic N) is 19. The number of hydrogen-bond donors (Lipinski definition) is 0. The van der Waals surface area contributed by atoms with Gasteiger partial charge in [-0.25, -0.2) is 64.8 Å². The Balaban J connectivity index is 0.000000126. The SMILES string of the molecule is Cc1ccc(-c2ccc(-c3nc(-c4cccc(-c5cnccn5)c4)nc(-c4cccc(-c5cnccn5)c4)n3)cc2)cc1.Cc1ccc(-c2ccc(-c3nc(-c4cccc(-c5cncnc5)c4)nc(-c4cccc(-c5cncnc5)c4)n3)cc2)cc1.Cc1ccc(-c2cccc(-c3nc(-c4cccc(-c5ccccn5)c4)nc(-c4cccc(-c5ccccn5)c4)n3)c2)cc1. The first-order valence-corrected chi connectivity index (χ1v) is 41.9. The van der Waals surface area contributed by atoms with Crippen LogP contribution in [0.5, 0.6) is 0 Å². The van der Waals surface area contributed by atoms with Gasteiger partial charge in [0.2, 0.25) is 0 Å². The normalized spacial score (nSPS) is 10.9. The van der Waals surface area contributed by atoms with Crippen LogP contribution in [0.25, 0.3) is 203 Å². The van der Waals surface area contributed by atoms with Crippen LogP contribution in [-0.2, 0) is 0 Å². The van der Waals surface area contributed by atoms with E-state index in [-0.39, 0.29) is 0 Å². The average Bonchev–Trinajstić information content (AvgIpc) is 0.792. The monoisotopic (exact) mass is 1660 g/mol. The highest BCUT2D eigenvalue weighted by atomic mass is 15.1. The molecule has 0 aliphatic rings. The van der Waals surface area contributed by atoms with Gasteiger partial charge in [0.05, 0.1) is 35.2 Å². The largest absolute Gasteiger partial charge is 0.261 e. The predicted octanol–water partition coefficient (Wildman–Crippen LogP) is 24.5. The van der Waals surface area contributed by atoms with Gasteiger partial charge in [0.25, 0.3) is 0 Å². The minimum absolute atomic E-state index is 0.568. The van der Waals surface area contributed by atoms with Gasteiger partial charge in [-0.15, -0.1) is 0 Å². The van der Waals surface area contributed by atoms with Crippen LogP contribution in [0, 0.1) is 20.8 Å². The summed E-state index contributed by atoms with van der Waals surface area (Å²) in [6.07, 6.45) is 24.0. The number of rotatable bonds is 18. The molecule has 0 atom stereocenters. The third kappa shape index (κ3) is 19.4. The first-order valence-electron chi connectivity index (χ1n) is 41.9. The molecule has 0 unspecified atom stereocenters.